The standard InChI is InChI=1S/C17H24N4O4/c1-11-12(2)18-10-19-15(11)21-7-4-13-17(9-21,16(24)25)5-3-6-20(13)8-14(22)23/h10,13H,3-9H2,1-2H3,(H,22,23)(H,24,25)/t13-,17+/m1/s1. The Bertz CT molecular complexity index is 695. The van der Waals surface area contributed by atoms with Crippen LogP contribution in [0.2, 0.25) is 0 Å². The molecule has 1 aromatic rings. The van der Waals surface area contributed by atoms with Crippen molar-refractivity contribution in [1.29, 1.82) is 0 Å². The van der Waals surface area contributed by atoms with Gasteiger partial charge in [0.2, 0.25) is 0 Å². The number of nitrogens with zero attached hydrogens (tertiary/aromatic N) is 4. The predicted molar refractivity (Wildman–Crippen MR) is 90.6 cm³/mol. The summed E-state index contributed by atoms with van der Waals surface area (Å²) >= 11 is 0. The van der Waals surface area contributed by atoms with Crippen molar-refractivity contribution in [2.75, 3.05) is 31.1 Å². The summed E-state index contributed by atoms with van der Waals surface area (Å²) in [4.78, 5) is 35.8. The topological polar surface area (TPSA) is 107 Å². The first kappa shape index (κ1) is 17.6. The lowest BCUT2D eigenvalue weighted by Gasteiger charge is -2.52. The van der Waals surface area contributed by atoms with Crippen LogP contribution in [-0.2, 0) is 9.59 Å². The summed E-state index contributed by atoms with van der Waals surface area (Å²) in [6.07, 6.45) is 3.37. The van der Waals surface area contributed by atoms with Gasteiger partial charge >= 0.3 is 11.9 Å². The highest BCUT2D eigenvalue weighted by Crippen LogP contribution is 2.43. The Morgan fingerprint density at radius 3 is 2.72 bits per heavy atom. The number of aromatic nitrogens is 2. The molecule has 2 saturated heterocycles. The lowest BCUT2D eigenvalue weighted by Crippen LogP contribution is -2.65. The molecule has 3 rings (SSSR count). The van der Waals surface area contributed by atoms with Gasteiger partial charge in [-0.05, 0) is 39.7 Å². The third-order valence-corrected chi connectivity index (χ3v) is 5.67. The second-order valence-corrected chi connectivity index (χ2v) is 7.06. The zero-order valence-corrected chi connectivity index (χ0v) is 14.6. The molecule has 0 unspecified atom stereocenters. The molecular formula is C17H24N4O4. The first-order valence-corrected chi connectivity index (χ1v) is 8.57. The first-order chi connectivity index (χ1) is 11.8. The van der Waals surface area contributed by atoms with Crippen molar-refractivity contribution in [3.63, 3.8) is 0 Å². The Morgan fingerprint density at radius 2 is 2.04 bits per heavy atom. The highest BCUT2D eigenvalue weighted by Gasteiger charge is 2.54. The minimum absolute atomic E-state index is 0.106. The minimum Gasteiger partial charge on any atom is -0.481 e. The SMILES string of the molecule is Cc1ncnc(N2CC[C@H]3N(CC(=O)O)CCC[C@]3(C(=O)O)C2)c1C. The average Bonchev–Trinajstić information content (AvgIpc) is 2.56. The quantitative estimate of drug-likeness (QED) is 0.827. The number of carboxylic acid groups (broad SMARTS) is 2. The van der Waals surface area contributed by atoms with E-state index >= 15 is 0 Å². The number of rotatable bonds is 4. The van der Waals surface area contributed by atoms with E-state index in [0.29, 0.717) is 38.9 Å². The zero-order chi connectivity index (χ0) is 18.2. The van der Waals surface area contributed by atoms with E-state index in [-0.39, 0.29) is 12.6 Å². The summed E-state index contributed by atoms with van der Waals surface area (Å²) in [6.45, 7) is 5.40. The molecule has 2 N–H and O–H groups in total. The molecule has 0 amide bonds. The second-order valence-electron chi connectivity index (χ2n) is 7.06. The summed E-state index contributed by atoms with van der Waals surface area (Å²) in [5, 5.41) is 19.2. The molecule has 1 aromatic heterocycles. The molecule has 136 valence electrons. The van der Waals surface area contributed by atoms with Crippen molar-refractivity contribution in [2.45, 2.75) is 39.2 Å². The van der Waals surface area contributed by atoms with E-state index in [4.69, 9.17) is 5.11 Å². The van der Waals surface area contributed by atoms with Crippen molar-refractivity contribution >= 4 is 17.8 Å². The van der Waals surface area contributed by atoms with Crippen LogP contribution in [0, 0.1) is 19.3 Å². The van der Waals surface area contributed by atoms with Gasteiger partial charge in [0.15, 0.2) is 0 Å². The third-order valence-electron chi connectivity index (χ3n) is 5.67. The van der Waals surface area contributed by atoms with Crippen molar-refractivity contribution in [3.05, 3.63) is 17.6 Å². The van der Waals surface area contributed by atoms with Crippen LogP contribution in [0.3, 0.4) is 0 Å². The van der Waals surface area contributed by atoms with Gasteiger partial charge in [0.05, 0.1) is 6.54 Å². The monoisotopic (exact) mass is 348 g/mol. The highest BCUT2D eigenvalue weighted by molar-refractivity contribution is 5.78. The van der Waals surface area contributed by atoms with Gasteiger partial charge in [-0.1, -0.05) is 0 Å². The third kappa shape index (κ3) is 3.06. The molecule has 8 nitrogen and oxygen atoms in total. The maximum absolute atomic E-state index is 12.2. The van der Waals surface area contributed by atoms with E-state index in [1.54, 1.807) is 0 Å². The van der Waals surface area contributed by atoms with Crippen molar-refractivity contribution in [1.82, 2.24) is 14.9 Å². The number of hydrogen-bond acceptors (Lipinski definition) is 6. The van der Waals surface area contributed by atoms with Crippen LogP contribution >= 0.6 is 0 Å². The molecule has 0 saturated carbocycles. The van der Waals surface area contributed by atoms with E-state index in [1.165, 1.54) is 6.33 Å². The fourth-order valence-corrected chi connectivity index (χ4v) is 4.32. The number of carboxylic acids is 2. The van der Waals surface area contributed by atoms with Crippen molar-refractivity contribution in [3.8, 4) is 0 Å². The molecule has 2 atom stereocenters. The van der Waals surface area contributed by atoms with E-state index in [9.17, 15) is 14.7 Å². The zero-order valence-electron chi connectivity index (χ0n) is 14.6. The molecule has 0 bridgehead atoms. The van der Waals surface area contributed by atoms with Crippen LogP contribution in [0.25, 0.3) is 0 Å². The fourth-order valence-electron chi connectivity index (χ4n) is 4.32. The molecule has 0 spiro atoms. The van der Waals surface area contributed by atoms with Gasteiger partial charge in [0.1, 0.15) is 17.6 Å². The first-order valence-electron chi connectivity index (χ1n) is 8.57. The number of aryl methyl sites for hydroxylation is 1. The summed E-state index contributed by atoms with van der Waals surface area (Å²) in [6, 6.07) is -0.255. The van der Waals surface area contributed by atoms with Gasteiger partial charge in [0.25, 0.3) is 0 Å². The summed E-state index contributed by atoms with van der Waals surface area (Å²) < 4.78 is 0. The van der Waals surface area contributed by atoms with Gasteiger partial charge in [0, 0.05) is 30.4 Å². The van der Waals surface area contributed by atoms with Gasteiger partial charge < -0.3 is 15.1 Å². The largest absolute Gasteiger partial charge is 0.481 e. The van der Waals surface area contributed by atoms with Crippen molar-refractivity contribution < 1.29 is 19.8 Å². The van der Waals surface area contributed by atoms with Gasteiger partial charge in [-0.25, -0.2) is 9.97 Å². The van der Waals surface area contributed by atoms with E-state index in [0.717, 1.165) is 17.1 Å². The molecule has 2 aliphatic rings. The molecule has 3 heterocycles. The fraction of sp³-hybridized carbons (Fsp3) is 0.647. The molecule has 0 radical (unpaired) electrons. The van der Waals surface area contributed by atoms with Crippen LogP contribution < -0.4 is 4.90 Å². The van der Waals surface area contributed by atoms with Gasteiger partial charge in [-0.15, -0.1) is 0 Å². The second kappa shape index (κ2) is 6.59. The minimum atomic E-state index is -0.961. The smallest absolute Gasteiger partial charge is 0.317 e. The number of anilines is 1. The Morgan fingerprint density at radius 1 is 1.28 bits per heavy atom. The van der Waals surface area contributed by atoms with Gasteiger partial charge in [-0.2, -0.15) is 0 Å². The average molecular weight is 348 g/mol. The molecule has 8 heteroatoms. The maximum atomic E-state index is 12.2. The van der Waals surface area contributed by atoms with E-state index in [2.05, 4.69) is 9.97 Å². The Hall–Kier alpha value is -2.22. The number of piperidine rings is 2. The number of hydrogen-bond donors (Lipinski definition) is 2. The van der Waals surface area contributed by atoms with Crippen LogP contribution in [0.1, 0.15) is 30.5 Å². The number of fused-ring (bicyclic) bond motifs is 1. The number of likely N-dealkylation sites (tertiary alicyclic amines) is 1. The summed E-state index contributed by atoms with van der Waals surface area (Å²) in [5.41, 5.74) is 0.879. The van der Waals surface area contributed by atoms with Crippen LogP contribution in [-0.4, -0.2) is 69.2 Å². The van der Waals surface area contributed by atoms with Crippen LogP contribution in [0.4, 0.5) is 5.82 Å². The number of carbonyl (C=O) groups is 2. The lowest BCUT2D eigenvalue weighted by atomic mass is 9.69. The molecule has 25 heavy (non-hydrogen) atoms. The van der Waals surface area contributed by atoms with Crippen LogP contribution in [0.5, 0.6) is 0 Å². The summed E-state index contributed by atoms with van der Waals surface area (Å²) in [7, 11) is 0. The molecule has 0 aliphatic carbocycles. The Kier molecular flexibility index (Phi) is 4.64. The maximum Gasteiger partial charge on any atom is 0.317 e. The van der Waals surface area contributed by atoms with E-state index < -0.39 is 17.4 Å². The molecule has 2 aliphatic heterocycles. The Balaban J connectivity index is 1.92. The highest BCUT2D eigenvalue weighted by atomic mass is 16.4. The number of aliphatic carboxylic acids is 2. The molecule has 0 aromatic carbocycles. The predicted octanol–water partition coefficient (Wildman–Crippen LogP) is 0.924. The van der Waals surface area contributed by atoms with Gasteiger partial charge in [-0.3, -0.25) is 14.5 Å². The van der Waals surface area contributed by atoms with Crippen molar-refractivity contribution in [2.24, 2.45) is 5.41 Å². The lowest BCUT2D eigenvalue weighted by molar-refractivity contribution is -0.160. The normalized spacial score (nSPS) is 27.0. The molecular weight excluding hydrogens is 324 g/mol. The van der Waals surface area contributed by atoms with E-state index in [1.807, 2.05) is 23.6 Å². The van der Waals surface area contributed by atoms with Crippen LogP contribution in [0.15, 0.2) is 6.33 Å². The molecule has 2 fully saturated rings. The Labute approximate surface area is 146 Å². The summed E-state index contributed by atoms with van der Waals surface area (Å²) in [5.74, 6) is -0.978.